The van der Waals surface area contributed by atoms with Crippen molar-refractivity contribution < 1.29 is 14.3 Å². The summed E-state index contributed by atoms with van der Waals surface area (Å²) in [6.45, 7) is 10.9. The summed E-state index contributed by atoms with van der Waals surface area (Å²) in [5, 5.41) is 8.94. The van der Waals surface area contributed by atoms with Crippen molar-refractivity contribution in [2.24, 2.45) is 10.9 Å². The molecule has 1 aromatic rings. The third kappa shape index (κ3) is 7.57. The summed E-state index contributed by atoms with van der Waals surface area (Å²) in [5.74, 6) is 0.581. The Bertz CT molecular complexity index is 718. The Morgan fingerprint density at radius 1 is 1.23 bits per heavy atom. The normalized spacial score (nSPS) is 16.9. The molecule has 1 fully saturated rings. The van der Waals surface area contributed by atoms with E-state index in [4.69, 9.17) is 9.73 Å². The van der Waals surface area contributed by atoms with Gasteiger partial charge in [0.05, 0.1) is 19.1 Å². The van der Waals surface area contributed by atoms with Crippen LogP contribution in [0, 0.1) is 5.92 Å². The lowest BCUT2D eigenvalue weighted by Crippen LogP contribution is -2.48. The molecule has 1 saturated heterocycles. The van der Waals surface area contributed by atoms with Gasteiger partial charge in [0.1, 0.15) is 0 Å². The molecule has 1 atom stereocenters. The molecular weight excluding hydrogens is 382 g/mol. The van der Waals surface area contributed by atoms with Gasteiger partial charge < -0.3 is 25.6 Å². The number of carbonyl (C=O) groups excluding carboxylic acids is 2. The fourth-order valence-corrected chi connectivity index (χ4v) is 3.34. The second-order valence-corrected chi connectivity index (χ2v) is 7.66. The van der Waals surface area contributed by atoms with Crippen LogP contribution in [0.3, 0.4) is 0 Å². The van der Waals surface area contributed by atoms with Gasteiger partial charge in [0.2, 0.25) is 0 Å². The Labute approximate surface area is 179 Å². The highest BCUT2D eigenvalue weighted by Crippen LogP contribution is 2.18. The molecule has 1 heterocycles. The minimum atomic E-state index is -0.216. The van der Waals surface area contributed by atoms with E-state index in [1.807, 2.05) is 52.0 Å². The number of ether oxygens (including phenoxy) is 1. The van der Waals surface area contributed by atoms with E-state index in [0.717, 1.165) is 43.1 Å². The summed E-state index contributed by atoms with van der Waals surface area (Å²) in [6, 6.07) is 7.52. The average molecular weight is 418 g/mol. The molecule has 166 valence electrons. The number of amides is 2. The second kappa shape index (κ2) is 12.0. The quantitative estimate of drug-likeness (QED) is 0.360. The highest BCUT2D eigenvalue weighted by Gasteiger charge is 2.28. The predicted octanol–water partition coefficient (Wildman–Crippen LogP) is 2.96. The fraction of sp³-hybridized carbons (Fsp3) is 0.591. The molecular formula is C22H35N5O3. The summed E-state index contributed by atoms with van der Waals surface area (Å²) in [5.41, 5.74) is 1.78. The van der Waals surface area contributed by atoms with Crippen molar-refractivity contribution in [1.82, 2.24) is 15.5 Å². The number of rotatable bonds is 7. The van der Waals surface area contributed by atoms with Crippen LogP contribution in [0.4, 0.5) is 10.5 Å². The zero-order valence-corrected chi connectivity index (χ0v) is 18.5. The van der Waals surface area contributed by atoms with Crippen LogP contribution in [-0.2, 0) is 16.1 Å². The number of piperidine rings is 1. The Kier molecular flexibility index (Phi) is 9.44. The molecule has 1 unspecified atom stereocenters. The molecule has 8 nitrogen and oxygen atoms in total. The van der Waals surface area contributed by atoms with Crippen LogP contribution in [0.2, 0.25) is 0 Å². The van der Waals surface area contributed by atoms with Crippen LogP contribution in [0.15, 0.2) is 29.3 Å². The summed E-state index contributed by atoms with van der Waals surface area (Å²) >= 11 is 0. The molecule has 2 amide bonds. The summed E-state index contributed by atoms with van der Waals surface area (Å²) in [7, 11) is 0. The Morgan fingerprint density at radius 2 is 1.97 bits per heavy atom. The van der Waals surface area contributed by atoms with E-state index in [-0.39, 0.29) is 24.0 Å². The molecule has 0 radical (unpaired) electrons. The smallest absolute Gasteiger partial charge is 0.319 e. The molecule has 0 saturated carbocycles. The van der Waals surface area contributed by atoms with Gasteiger partial charge in [-0.15, -0.1) is 0 Å². The number of likely N-dealkylation sites (tertiary alicyclic amines) is 1. The van der Waals surface area contributed by atoms with Crippen LogP contribution < -0.4 is 16.0 Å². The lowest BCUT2D eigenvalue weighted by atomic mass is 9.98. The number of guanidine groups is 1. The van der Waals surface area contributed by atoms with Gasteiger partial charge in [0, 0.05) is 31.4 Å². The molecule has 2 rings (SSSR count). The zero-order chi connectivity index (χ0) is 21.9. The minimum Gasteiger partial charge on any atom is -0.466 e. The lowest BCUT2D eigenvalue weighted by molar-refractivity contribution is -0.149. The van der Waals surface area contributed by atoms with Crippen LogP contribution in [-0.4, -0.2) is 55.1 Å². The fourth-order valence-electron chi connectivity index (χ4n) is 3.34. The molecule has 0 aliphatic carbocycles. The maximum atomic E-state index is 12.1. The number of urea groups is 1. The summed E-state index contributed by atoms with van der Waals surface area (Å²) < 4.78 is 5.20. The first-order valence-electron chi connectivity index (χ1n) is 10.8. The van der Waals surface area contributed by atoms with Crippen molar-refractivity contribution >= 4 is 23.6 Å². The van der Waals surface area contributed by atoms with E-state index in [0.29, 0.717) is 19.7 Å². The topological polar surface area (TPSA) is 95.1 Å². The van der Waals surface area contributed by atoms with E-state index in [1.54, 1.807) is 0 Å². The molecule has 0 bridgehead atoms. The average Bonchev–Trinajstić information content (AvgIpc) is 2.72. The van der Waals surface area contributed by atoms with Crippen molar-refractivity contribution in [1.29, 1.82) is 0 Å². The maximum Gasteiger partial charge on any atom is 0.319 e. The summed E-state index contributed by atoms with van der Waals surface area (Å²) in [4.78, 5) is 30.8. The predicted molar refractivity (Wildman–Crippen MR) is 119 cm³/mol. The SMILES string of the molecule is CCNC(=NCc1ccc(NC(=O)NC(C)C)cc1)N1CCCC(C(=O)OCC)C1. The third-order valence-electron chi connectivity index (χ3n) is 4.72. The van der Waals surface area contributed by atoms with E-state index < -0.39 is 0 Å². The van der Waals surface area contributed by atoms with Gasteiger partial charge in [0.25, 0.3) is 0 Å². The lowest BCUT2D eigenvalue weighted by Gasteiger charge is -2.34. The van der Waals surface area contributed by atoms with E-state index in [2.05, 4.69) is 20.9 Å². The first kappa shape index (κ1) is 23.5. The minimum absolute atomic E-state index is 0.0845. The van der Waals surface area contributed by atoms with Gasteiger partial charge in [0.15, 0.2) is 5.96 Å². The van der Waals surface area contributed by atoms with Crippen LogP contribution in [0.25, 0.3) is 0 Å². The Balaban J connectivity index is 1.98. The van der Waals surface area contributed by atoms with E-state index in [1.165, 1.54) is 0 Å². The molecule has 0 spiro atoms. The van der Waals surface area contributed by atoms with Gasteiger partial charge in [-0.1, -0.05) is 12.1 Å². The number of esters is 1. The van der Waals surface area contributed by atoms with E-state index >= 15 is 0 Å². The van der Waals surface area contributed by atoms with Gasteiger partial charge >= 0.3 is 12.0 Å². The number of hydrogen-bond donors (Lipinski definition) is 3. The van der Waals surface area contributed by atoms with Gasteiger partial charge in [-0.2, -0.15) is 0 Å². The molecule has 30 heavy (non-hydrogen) atoms. The Hall–Kier alpha value is -2.77. The third-order valence-corrected chi connectivity index (χ3v) is 4.72. The highest BCUT2D eigenvalue weighted by molar-refractivity contribution is 5.89. The second-order valence-electron chi connectivity index (χ2n) is 7.66. The number of carbonyl (C=O) groups is 2. The van der Waals surface area contributed by atoms with Crippen molar-refractivity contribution in [2.75, 3.05) is 31.6 Å². The number of aliphatic imine (C=N–C) groups is 1. The van der Waals surface area contributed by atoms with Crippen molar-refractivity contribution in [3.63, 3.8) is 0 Å². The van der Waals surface area contributed by atoms with Gasteiger partial charge in [-0.3, -0.25) is 4.79 Å². The maximum absolute atomic E-state index is 12.1. The number of hydrogen-bond acceptors (Lipinski definition) is 4. The van der Waals surface area contributed by atoms with Crippen molar-refractivity contribution in [3.8, 4) is 0 Å². The zero-order valence-electron chi connectivity index (χ0n) is 18.5. The number of nitrogens with one attached hydrogen (secondary N) is 3. The summed E-state index contributed by atoms with van der Waals surface area (Å²) in [6.07, 6.45) is 1.79. The molecule has 8 heteroatoms. The monoisotopic (exact) mass is 417 g/mol. The molecule has 1 aliphatic heterocycles. The molecule has 1 aromatic carbocycles. The standard InChI is InChI=1S/C22H35N5O3/c1-5-23-21(27-13-7-8-18(15-27)20(28)30-6-2)24-14-17-9-11-19(12-10-17)26-22(29)25-16(3)4/h9-12,16,18H,5-8,13-15H2,1-4H3,(H,23,24)(H2,25,26,29). The van der Waals surface area contributed by atoms with E-state index in [9.17, 15) is 9.59 Å². The Morgan fingerprint density at radius 3 is 2.60 bits per heavy atom. The van der Waals surface area contributed by atoms with Crippen molar-refractivity contribution in [2.45, 2.75) is 53.1 Å². The molecule has 1 aliphatic rings. The molecule has 0 aromatic heterocycles. The van der Waals surface area contributed by atoms with Crippen LogP contribution in [0.1, 0.15) is 46.1 Å². The first-order chi connectivity index (χ1) is 14.4. The van der Waals surface area contributed by atoms with Crippen LogP contribution in [0.5, 0.6) is 0 Å². The number of anilines is 1. The largest absolute Gasteiger partial charge is 0.466 e. The number of nitrogens with zero attached hydrogens (tertiary/aromatic N) is 2. The van der Waals surface area contributed by atoms with Crippen LogP contribution >= 0.6 is 0 Å². The van der Waals surface area contributed by atoms with Gasteiger partial charge in [-0.25, -0.2) is 9.79 Å². The van der Waals surface area contributed by atoms with Gasteiger partial charge in [-0.05, 0) is 58.2 Å². The van der Waals surface area contributed by atoms with Crippen molar-refractivity contribution in [3.05, 3.63) is 29.8 Å². The molecule has 3 N–H and O–H groups in total. The highest BCUT2D eigenvalue weighted by atomic mass is 16.5. The number of benzene rings is 1. The first-order valence-corrected chi connectivity index (χ1v) is 10.8.